The van der Waals surface area contributed by atoms with Crippen molar-refractivity contribution in [2.24, 2.45) is 0 Å². The van der Waals surface area contributed by atoms with Crippen LogP contribution in [0.5, 0.6) is 5.75 Å². The fraction of sp³-hybridized carbons (Fsp3) is 0.200. The molecule has 1 saturated heterocycles. The van der Waals surface area contributed by atoms with Gasteiger partial charge >= 0.3 is 0 Å². The lowest BCUT2D eigenvalue weighted by Crippen LogP contribution is -2.50. The maximum Gasteiger partial charge on any atom is 0.254 e. The topological polar surface area (TPSA) is 49.9 Å². The second-order valence-electron chi connectivity index (χ2n) is 7.24. The SMILES string of the molecule is C=CCOc1ccc(C(=O)N2CCN(C(=O)c3cccc4ccccc34)CC2)cc1. The number of amides is 2. The summed E-state index contributed by atoms with van der Waals surface area (Å²) in [4.78, 5) is 29.5. The molecule has 5 heteroatoms. The number of hydrogen-bond acceptors (Lipinski definition) is 3. The lowest BCUT2D eigenvalue weighted by atomic mass is 10.0. The maximum absolute atomic E-state index is 13.1. The molecule has 1 aliphatic rings. The van der Waals surface area contributed by atoms with Gasteiger partial charge < -0.3 is 14.5 Å². The van der Waals surface area contributed by atoms with Crippen molar-refractivity contribution < 1.29 is 14.3 Å². The molecule has 5 nitrogen and oxygen atoms in total. The molecule has 0 bridgehead atoms. The first-order valence-electron chi connectivity index (χ1n) is 10.1. The summed E-state index contributed by atoms with van der Waals surface area (Å²) in [6, 6.07) is 20.8. The fourth-order valence-electron chi connectivity index (χ4n) is 3.73. The van der Waals surface area contributed by atoms with Crippen LogP contribution in [-0.4, -0.2) is 54.4 Å². The summed E-state index contributed by atoms with van der Waals surface area (Å²) < 4.78 is 5.46. The van der Waals surface area contributed by atoms with Gasteiger partial charge in [-0.05, 0) is 41.1 Å². The molecule has 1 fully saturated rings. The van der Waals surface area contributed by atoms with Gasteiger partial charge in [0, 0.05) is 37.3 Å². The Kier molecular flexibility index (Phi) is 5.80. The van der Waals surface area contributed by atoms with E-state index in [9.17, 15) is 9.59 Å². The number of carbonyl (C=O) groups is 2. The Hall–Kier alpha value is -3.60. The number of piperazine rings is 1. The summed E-state index contributed by atoms with van der Waals surface area (Å²) in [5.41, 5.74) is 1.33. The van der Waals surface area contributed by atoms with Crippen molar-refractivity contribution in [3.63, 3.8) is 0 Å². The summed E-state index contributed by atoms with van der Waals surface area (Å²) in [6.45, 7) is 6.13. The molecule has 0 atom stereocenters. The second-order valence-corrected chi connectivity index (χ2v) is 7.24. The fourth-order valence-corrected chi connectivity index (χ4v) is 3.73. The minimum absolute atomic E-state index is 0.0163. The molecule has 2 amide bonds. The van der Waals surface area contributed by atoms with Gasteiger partial charge in [0.05, 0.1) is 0 Å². The van der Waals surface area contributed by atoms with E-state index in [0.717, 1.165) is 10.8 Å². The van der Waals surface area contributed by atoms with E-state index in [1.165, 1.54) is 0 Å². The molecule has 1 heterocycles. The molecule has 3 aromatic rings. The highest BCUT2D eigenvalue weighted by Gasteiger charge is 2.26. The Bertz CT molecular complexity index is 1060. The Morgan fingerprint density at radius 2 is 1.47 bits per heavy atom. The molecule has 0 unspecified atom stereocenters. The second kappa shape index (κ2) is 8.82. The smallest absolute Gasteiger partial charge is 0.254 e. The van der Waals surface area contributed by atoms with Crippen LogP contribution in [0.2, 0.25) is 0 Å². The molecule has 0 aromatic heterocycles. The monoisotopic (exact) mass is 400 g/mol. The molecule has 1 aliphatic heterocycles. The zero-order valence-corrected chi connectivity index (χ0v) is 16.8. The van der Waals surface area contributed by atoms with E-state index in [4.69, 9.17) is 4.74 Å². The summed E-state index contributed by atoms with van der Waals surface area (Å²) in [5, 5.41) is 2.01. The molecule has 0 aliphatic carbocycles. The lowest BCUT2D eigenvalue weighted by molar-refractivity contribution is 0.0536. The number of fused-ring (bicyclic) bond motifs is 1. The van der Waals surface area contributed by atoms with Crippen LogP contribution in [-0.2, 0) is 0 Å². The summed E-state index contributed by atoms with van der Waals surface area (Å²) in [7, 11) is 0. The molecule has 3 aromatic carbocycles. The van der Waals surface area contributed by atoms with Crippen LogP contribution in [0.3, 0.4) is 0 Å². The number of ether oxygens (including phenoxy) is 1. The van der Waals surface area contributed by atoms with Crippen LogP contribution in [0.4, 0.5) is 0 Å². The van der Waals surface area contributed by atoms with Gasteiger partial charge in [0.1, 0.15) is 12.4 Å². The standard InChI is InChI=1S/C25H24N2O3/c1-2-18-30-21-12-10-20(11-13-21)24(28)26-14-16-27(17-15-26)25(29)23-9-5-7-19-6-3-4-8-22(19)23/h2-13H,1,14-18H2. The molecule has 0 N–H and O–H groups in total. The number of hydrogen-bond donors (Lipinski definition) is 0. The largest absolute Gasteiger partial charge is 0.490 e. The normalized spacial score (nSPS) is 13.9. The van der Waals surface area contributed by atoms with Crippen molar-refractivity contribution in [2.75, 3.05) is 32.8 Å². The van der Waals surface area contributed by atoms with E-state index < -0.39 is 0 Å². The summed E-state index contributed by atoms with van der Waals surface area (Å²) >= 11 is 0. The van der Waals surface area contributed by atoms with Gasteiger partial charge in [-0.1, -0.05) is 49.1 Å². The minimum atomic E-state index is -0.0254. The van der Waals surface area contributed by atoms with Crippen molar-refractivity contribution in [3.05, 3.63) is 90.5 Å². The Morgan fingerprint density at radius 3 is 2.17 bits per heavy atom. The van der Waals surface area contributed by atoms with Gasteiger partial charge in [-0.2, -0.15) is 0 Å². The number of nitrogens with zero attached hydrogens (tertiary/aromatic N) is 2. The first-order valence-corrected chi connectivity index (χ1v) is 10.1. The highest BCUT2D eigenvalue weighted by Crippen LogP contribution is 2.21. The van der Waals surface area contributed by atoms with E-state index in [0.29, 0.717) is 49.7 Å². The highest BCUT2D eigenvalue weighted by molar-refractivity contribution is 6.07. The van der Waals surface area contributed by atoms with E-state index >= 15 is 0 Å². The van der Waals surface area contributed by atoms with Crippen molar-refractivity contribution in [1.82, 2.24) is 9.80 Å². The molecule has 0 spiro atoms. The first-order chi connectivity index (χ1) is 14.7. The Labute approximate surface area is 176 Å². The molecular formula is C25H24N2O3. The van der Waals surface area contributed by atoms with Gasteiger partial charge in [-0.3, -0.25) is 9.59 Å². The molecule has 4 rings (SSSR count). The van der Waals surface area contributed by atoms with E-state index in [2.05, 4.69) is 6.58 Å². The van der Waals surface area contributed by atoms with Crippen LogP contribution in [0.25, 0.3) is 10.8 Å². The average molecular weight is 400 g/mol. The van der Waals surface area contributed by atoms with Gasteiger partial charge in [0.15, 0.2) is 0 Å². The van der Waals surface area contributed by atoms with Gasteiger partial charge in [0.25, 0.3) is 11.8 Å². The third kappa shape index (κ3) is 4.06. The molecule has 152 valence electrons. The Morgan fingerprint density at radius 1 is 0.833 bits per heavy atom. The van der Waals surface area contributed by atoms with E-state index in [1.54, 1.807) is 35.2 Å². The molecular weight excluding hydrogens is 376 g/mol. The average Bonchev–Trinajstić information content (AvgIpc) is 2.82. The molecule has 0 radical (unpaired) electrons. The van der Waals surface area contributed by atoms with Gasteiger partial charge in [0.2, 0.25) is 0 Å². The predicted octanol–water partition coefficient (Wildman–Crippen LogP) is 4.00. The lowest BCUT2D eigenvalue weighted by Gasteiger charge is -2.35. The van der Waals surface area contributed by atoms with Crippen molar-refractivity contribution >= 4 is 22.6 Å². The van der Waals surface area contributed by atoms with Crippen molar-refractivity contribution in [1.29, 1.82) is 0 Å². The number of carbonyl (C=O) groups excluding carboxylic acids is 2. The number of benzene rings is 3. The van der Waals surface area contributed by atoms with Crippen LogP contribution in [0.15, 0.2) is 79.4 Å². The van der Waals surface area contributed by atoms with Crippen LogP contribution in [0.1, 0.15) is 20.7 Å². The van der Waals surface area contributed by atoms with Gasteiger partial charge in [-0.25, -0.2) is 0 Å². The zero-order valence-electron chi connectivity index (χ0n) is 16.8. The minimum Gasteiger partial charge on any atom is -0.490 e. The summed E-state index contributed by atoms with van der Waals surface area (Å²) in [6.07, 6.45) is 1.68. The van der Waals surface area contributed by atoms with Crippen molar-refractivity contribution in [2.45, 2.75) is 0 Å². The predicted molar refractivity (Wildman–Crippen MR) is 118 cm³/mol. The summed E-state index contributed by atoms with van der Waals surface area (Å²) in [5.74, 6) is 0.696. The third-order valence-electron chi connectivity index (χ3n) is 5.34. The van der Waals surface area contributed by atoms with Gasteiger partial charge in [-0.15, -0.1) is 0 Å². The molecule has 30 heavy (non-hydrogen) atoms. The van der Waals surface area contributed by atoms with E-state index in [-0.39, 0.29) is 11.8 Å². The third-order valence-corrected chi connectivity index (χ3v) is 5.34. The molecule has 0 saturated carbocycles. The van der Waals surface area contributed by atoms with E-state index in [1.807, 2.05) is 47.4 Å². The zero-order chi connectivity index (χ0) is 20.9. The van der Waals surface area contributed by atoms with Crippen LogP contribution in [0, 0.1) is 0 Å². The van der Waals surface area contributed by atoms with Crippen molar-refractivity contribution in [3.8, 4) is 5.75 Å². The van der Waals surface area contributed by atoms with Crippen LogP contribution < -0.4 is 4.74 Å². The highest BCUT2D eigenvalue weighted by atomic mass is 16.5. The number of rotatable bonds is 5. The quantitative estimate of drug-likeness (QED) is 0.608. The Balaban J connectivity index is 1.40. The van der Waals surface area contributed by atoms with Crippen LogP contribution >= 0.6 is 0 Å². The first kappa shape index (κ1) is 19.7. The maximum atomic E-state index is 13.1.